The largest absolute Gasteiger partial charge is 0.495 e. The predicted octanol–water partition coefficient (Wildman–Crippen LogP) is 5.68. The molecule has 0 unspecified atom stereocenters. The zero-order valence-corrected chi connectivity index (χ0v) is 20.3. The Morgan fingerprint density at radius 2 is 1.89 bits per heavy atom. The zero-order valence-electron chi connectivity index (χ0n) is 18.6. The molecule has 35 heavy (non-hydrogen) atoms. The Labute approximate surface area is 207 Å². The number of carbonyl (C=O) groups excluding carboxylic acids is 1. The molecular weight excluding hydrogens is 488 g/mol. The molecule has 0 N–H and O–H groups in total. The van der Waals surface area contributed by atoms with Crippen LogP contribution in [0.3, 0.4) is 0 Å². The van der Waals surface area contributed by atoms with Gasteiger partial charge in [0.2, 0.25) is 0 Å². The molecule has 9 nitrogen and oxygen atoms in total. The predicted molar refractivity (Wildman–Crippen MR) is 136 cm³/mol. The first-order chi connectivity index (χ1) is 17.0. The highest BCUT2D eigenvalue weighted by atomic mass is 32.1. The monoisotopic (exact) mass is 506 g/mol. The molecule has 0 radical (unpaired) electrons. The highest BCUT2D eigenvalue weighted by Crippen LogP contribution is 2.41. The van der Waals surface area contributed by atoms with Gasteiger partial charge >= 0.3 is 0 Å². The molecular formula is C24H18N4O5S2. The van der Waals surface area contributed by atoms with Crippen molar-refractivity contribution in [2.24, 2.45) is 0 Å². The van der Waals surface area contributed by atoms with E-state index >= 15 is 0 Å². The van der Waals surface area contributed by atoms with E-state index in [1.807, 2.05) is 6.07 Å². The fraction of sp³-hybridized carbons (Fsp3) is 0.125. The Hall–Kier alpha value is -4.09. The fourth-order valence-corrected chi connectivity index (χ4v) is 5.74. The molecule has 0 fully saturated rings. The van der Waals surface area contributed by atoms with Crippen molar-refractivity contribution in [3.63, 3.8) is 0 Å². The van der Waals surface area contributed by atoms with Crippen LogP contribution in [0, 0.1) is 10.1 Å². The van der Waals surface area contributed by atoms with Crippen molar-refractivity contribution >= 4 is 59.7 Å². The van der Waals surface area contributed by atoms with Crippen molar-refractivity contribution < 1.29 is 19.2 Å². The SMILES string of the molecule is COc1ccc(OC)c2sc(N(Cc3cccnc3)C(=O)c3cc4cc([N+](=O)[O-])ccc4s3)nc12. The maximum Gasteiger partial charge on any atom is 0.270 e. The topological polar surface area (TPSA) is 108 Å². The Morgan fingerprint density at radius 3 is 2.60 bits per heavy atom. The van der Waals surface area contributed by atoms with Crippen LogP contribution in [0.5, 0.6) is 11.5 Å². The van der Waals surface area contributed by atoms with Crippen molar-refractivity contribution in [2.75, 3.05) is 19.1 Å². The van der Waals surface area contributed by atoms with Crippen molar-refractivity contribution in [1.82, 2.24) is 9.97 Å². The van der Waals surface area contributed by atoms with Crippen LogP contribution in [-0.4, -0.2) is 35.0 Å². The Bertz CT molecular complexity index is 1520. The average molecular weight is 507 g/mol. The number of anilines is 1. The summed E-state index contributed by atoms with van der Waals surface area (Å²) in [4.78, 5) is 35.5. The minimum Gasteiger partial charge on any atom is -0.495 e. The Kier molecular flexibility index (Phi) is 6.01. The molecule has 0 saturated heterocycles. The van der Waals surface area contributed by atoms with Crippen LogP contribution in [0.25, 0.3) is 20.3 Å². The number of methoxy groups -OCH3 is 2. The van der Waals surface area contributed by atoms with E-state index in [-0.39, 0.29) is 18.1 Å². The summed E-state index contributed by atoms with van der Waals surface area (Å²) in [5.74, 6) is 0.938. The lowest BCUT2D eigenvalue weighted by Crippen LogP contribution is -2.29. The number of thiazole rings is 1. The molecule has 0 saturated carbocycles. The summed E-state index contributed by atoms with van der Waals surface area (Å²) in [6.07, 6.45) is 3.37. The number of carbonyl (C=O) groups is 1. The second kappa shape index (κ2) is 9.28. The van der Waals surface area contributed by atoms with Gasteiger partial charge in [0.1, 0.15) is 21.7 Å². The van der Waals surface area contributed by atoms with Gasteiger partial charge in [0.25, 0.3) is 11.6 Å². The van der Waals surface area contributed by atoms with E-state index in [1.54, 1.807) is 61.8 Å². The maximum absolute atomic E-state index is 13.8. The lowest BCUT2D eigenvalue weighted by atomic mass is 10.2. The number of pyridine rings is 1. The van der Waals surface area contributed by atoms with Gasteiger partial charge in [-0.25, -0.2) is 4.98 Å². The summed E-state index contributed by atoms with van der Waals surface area (Å²) in [6, 6.07) is 13.5. The summed E-state index contributed by atoms with van der Waals surface area (Å²) in [7, 11) is 3.14. The second-order valence-electron chi connectivity index (χ2n) is 7.49. The van der Waals surface area contributed by atoms with Crippen LogP contribution in [0.15, 0.2) is 60.9 Å². The number of nitro groups is 1. The van der Waals surface area contributed by atoms with E-state index in [9.17, 15) is 14.9 Å². The van der Waals surface area contributed by atoms with E-state index in [1.165, 1.54) is 34.8 Å². The summed E-state index contributed by atoms with van der Waals surface area (Å²) in [6.45, 7) is 0.242. The number of hydrogen-bond acceptors (Lipinski definition) is 9. The quantitative estimate of drug-likeness (QED) is 0.206. The first kappa shape index (κ1) is 22.7. The third kappa shape index (κ3) is 4.27. The van der Waals surface area contributed by atoms with Crippen LogP contribution in [0.4, 0.5) is 10.8 Å². The van der Waals surface area contributed by atoms with Crippen molar-refractivity contribution in [2.45, 2.75) is 6.54 Å². The number of nitrogens with zero attached hydrogens (tertiary/aromatic N) is 4. The number of hydrogen-bond donors (Lipinski definition) is 0. The van der Waals surface area contributed by atoms with Gasteiger partial charge in [-0.2, -0.15) is 0 Å². The third-order valence-electron chi connectivity index (χ3n) is 5.36. The molecule has 3 aromatic heterocycles. The summed E-state index contributed by atoms with van der Waals surface area (Å²) in [5, 5.41) is 12.3. The number of non-ortho nitro benzene ring substituents is 1. The summed E-state index contributed by atoms with van der Waals surface area (Å²) < 4.78 is 12.5. The molecule has 0 atom stereocenters. The number of thiophene rings is 1. The molecule has 5 aromatic rings. The second-order valence-corrected chi connectivity index (χ2v) is 9.55. The fourth-order valence-electron chi connectivity index (χ4n) is 3.67. The van der Waals surface area contributed by atoms with Crippen LogP contribution in [0.1, 0.15) is 15.2 Å². The van der Waals surface area contributed by atoms with Gasteiger partial charge < -0.3 is 9.47 Å². The average Bonchev–Trinajstić information content (AvgIpc) is 3.51. The molecule has 0 aliphatic carbocycles. The van der Waals surface area contributed by atoms with Crippen molar-refractivity contribution in [3.05, 3.63) is 81.5 Å². The van der Waals surface area contributed by atoms with Gasteiger partial charge in [-0.15, -0.1) is 11.3 Å². The maximum atomic E-state index is 13.8. The highest BCUT2D eigenvalue weighted by Gasteiger charge is 2.26. The van der Waals surface area contributed by atoms with Gasteiger partial charge in [-0.3, -0.25) is 24.8 Å². The van der Waals surface area contributed by atoms with E-state index in [0.717, 1.165) is 15.0 Å². The molecule has 0 spiro atoms. The first-order valence-electron chi connectivity index (χ1n) is 10.4. The van der Waals surface area contributed by atoms with E-state index in [2.05, 4.69) is 4.98 Å². The van der Waals surface area contributed by atoms with E-state index < -0.39 is 4.92 Å². The molecule has 0 aliphatic heterocycles. The molecule has 0 aliphatic rings. The van der Waals surface area contributed by atoms with Crippen LogP contribution < -0.4 is 14.4 Å². The number of fused-ring (bicyclic) bond motifs is 2. The highest BCUT2D eigenvalue weighted by molar-refractivity contribution is 7.23. The zero-order chi connectivity index (χ0) is 24.5. The van der Waals surface area contributed by atoms with Gasteiger partial charge in [-0.05, 0) is 35.9 Å². The smallest absolute Gasteiger partial charge is 0.270 e. The normalized spacial score (nSPS) is 11.0. The third-order valence-corrected chi connectivity index (χ3v) is 7.56. The molecule has 0 bridgehead atoms. The van der Waals surface area contributed by atoms with E-state index in [4.69, 9.17) is 14.5 Å². The number of ether oxygens (including phenoxy) is 2. The number of benzene rings is 2. The molecule has 2 aromatic carbocycles. The van der Waals surface area contributed by atoms with Gasteiger partial charge in [0.05, 0.1) is 30.6 Å². The van der Waals surface area contributed by atoms with Crippen LogP contribution in [-0.2, 0) is 6.54 Å². The summed E-state index contributed by atoms with van der Waals surface area (Å²) >= 11 is 2.61. The molecule has 1 amide bonds. The Morgan fingerprint density at radius 1 is 1.09 bits per heavy atom. The molecule has 3 heterocycles. The van der Waals surface area contributed by atoms with Gasteiger partial charge in [0, 0.05) is 34.6 Å². The number of aromatic nitrogens is 2. The number of rotatable bonds is 7. The molecule has 11 heteroatoms. The standard InChI is InChI=1S/C24H18N4O5S2/c1-32-17-6-7-18(33-2)22-21(17)26-24(35-22)27(13-14-4-3-9-25-12-14)23(29)20-11-15-10-16(28(30)31)5-8-19(15)34-20/h3-12H,13H2,1-2H3. The van der Waals surface area contributed by atoms with Crippen molar-refractivity contribution in [1.29, 1.82) is 0 Å². The molecule has 176 valence electrons. The lowest BCUT2D eigenvalue weighted by molar-refractivity contribution is -0.384. The number of nitro benzene ring substituents is 1. The van der Waals surface area contributed by atoms with Crippen LogP contribution in [0.2, 0.25) is 0 Å². The van der Waals surface area contributed by atoms with E-state index in [0.29, 0.717) is 32.4 Å². The van der Waals surface area contributed by atoms with Gasteiger partial charge in [0.15, 0.2) is 5.13 Å². The minimum absolute atomic E-state index is 0.0214. The van der Waals surface area contributed by atoms with Crippen LogP contribution >= 0.6 is 22.7 Å². The lowest BCUT2D eigenvalue weighted by Gasteiger charge is -2.19. The first-order valence-corrected chi connectivity index (χ1v) is 12.0. The Balaban J connectivity index is 1.62. The minimum atomic E-state index is -0.449. The van der Waals surface area contributed by atoms with Gasteiger partial charge in [-0.1, -0.05) is 17.4 Å². The van der Waals surface area contributed by atoms with Crippen molar-refractivity contribution in [3.8, 4) is 11.5 Å². The summed E-state index contributed by atoms with van der Waals surface area (Å²) in [5.41, 5.74) is 1.41. The number of amides is 1. The molecule has 5 rings (SSSR count).